The summed E-state index contributed by atoms with van der Waals surface area (Å²) in [6, 6.07) is 8.02. The molecule has 0 N–H and O–H groups in total. The fourth-order valence-corrected chi connectivity index (χ4v) is 5.69. The Labute approximate surface area is 176 Å². The number of aryl methyl sites for hydroxylation is 1. The van der Waals surface area contributed by atoms with E-state index in [2.05, 4.69) is 18.8 Å². The number of carbonyl (C=O) groups excluding carboxylic acids is 2. The molecule has 2 fully saturated rings. The lowest BCUT2D eigenvalue weighted by Crippen LogP contribution is -2.41. The largest absolute Gasteiger partial charge is 0.342 e. The Morgan fingerprint density at radius 3 is 2.83 bits per heavy atom. The summed E-state index contributed by atoms with van der Waals surface area (Å²) in [4.78, 5) is 35.1. The molecule has 0 bridgehead atoms. The summed E-state index contributed by atoms with van der Waals surface area (Å²) < 4.78 is 0. The van der Waals surface area contributed by atoms with E-state index in [0.717, 1.165) is 35.6 Å². The lowest BCUT2D eigenvalue weighted by Gasteiger charge is -2.28. The summed E-state index contributed by atoms with van der Waals surface area (Å²) in [7, 11) is 0. The van der Waals surface area contributed by atoms with Gasteiger partial charge in [-0.3, -0.25) is 9.59 Å². The first-order valence-corrected chi connectivity index (χ1v) is 11.3. The SMILES string of the molecule is Cc1ccccc1CC(=O)N1C[C@@H](c2nccs2)[C@]2(CCN(CC(C)C)C2=O)C1. The molecule has 3 heterocycles. The third kappa shape index (κ3) is 3.70. The van der Waals surface area contributed by atoms with E-state index in [1.165, 1.54) is 0 Å². The number of carbonyl (C=O) groups is 2. The van der Waals surface area contributed by atoms with Gasteiger partial charge in [-0.15, -0.1) is 11.3 Å². The minimum Gasteiger partial charge on any atom is -0.342 e. The molecule has 2 aliphatic rings. The minimum absolute atomic E-state index is 0.00650. The van der Waals surface area contributed by atoms with E-state index >= 15 is 0 Å². The second kappa shape index (κ2) is 7.90. The lowest BCUT2D eigenvalue weighted by molar-refractivity contribution is -0.137. The van der Waals surface area contributed by atoms with Crippen LogP contribution < -0.4 is 0 Å². The quantitative estimate of drug-likeness (QED) is 0.757. The first kappa shape index (κ1) is 20.1. The van der Waals surface area contributed by atoms with Gasteiger partial charge in [0, 0.05) is 43.7 Å². The summed E-state index contributed by atoms with van der Waals surface area (Å²) in [5, 5.41) is 2.95. The van der Waals surface area contributed by atoms with Gasteiger partial charge >= 0.3 is 0 Å². The highest BCUT2D eigenvalue weighted by Gasteiger charge is 2.58. The number of aromatic nitrogens is 1. The highest BCUT2D eigenvalue weighted by atomic mass is 32.1. The van der Waals surface area contributed by atoms with Gasteiger partial charge in [0.15, 0.2) is 0 Å². The standard InChI is InChI=1S/C23H29N3O2S/c1-16(2)13-25-10-8-23(22(25)28)15-26(14-19(23)21-24-9-11-29-21)20(27)12-18-7-5-4-6-17(18)3/h4-7,9,11,16,19H,8,10,12-15H2,1-3H3/t19-,23-/m0/s1. The Morgan fingerprint density at radius 2 is 2.14 bits per heavy atom. The molecule has 1 spiro atoms. The molecule has 1 aromatic heterocycles. The van der Waals surface area contributed by atoms with E-state index in [-0.39, 0.29) is 17.7 Å². The topological polar surface area (TPSA) is 53.5 Å². The first-order chi connectivity index (χ1) is 13.9. The highest BCUT2D eigenvalue weighted by molar-refractivity contribution is 7.09. The van der Waals surface area contributed by atoms with E-state index in [1.807, 2.05) is 46.4 Å². The third-order valence-electron chi connectivity index (χ3n) is 6.37. The molecule has 0 aliphatic carbocycles. The zero-order chi connectivity index (χ0) is 20.6. The van der Waals surface area contributed by atoms with Gasteiger partial charge in [-0.1, -0.05) is 38.1 Å². The number of thiazole rings is 1. The molecule has 2 atom stereocenters. The van der Waals surface area contributed by atoms with Crippen molar-refractivity contribution in [1.29, 1.82) is 0 Å². The third-order valence-corrected chi connectivity index (χ3v) is 7.26. The van der Waals surface area contributed by atoms with E-state index in [1.54, 1.807) is 17.5 Å². The smallest absolute Gasteiger partial charge is 0.231 e. The molecule has 2 aliphatic heterocycles. The number of nitrogens with zero attached hydrogens (tertiary/aromatic N) is 3. The van der Waals surface area contributed by atoms with Crippen LogP contribution in [0.15, 0.2) is 35.8 Å². The van der Waals surface area contributed by atoms with Gasteiger partial charge in [-0.2, -0.15) is 0 Å². The fraction of sp³-hybridized carbons (Fsp3) is 0.522. The van der Waals surface area contributed by atoms with Gasteiger partial charge in [0.25, 0.3) is 0 Å². The molecule has 2 amide bonds. The fourth-order valence-electron chi connectivity index (χ4n) is 4.85. The molecule has 29 heavy (non-hydrogen) atoms. The average Bonchev–Trinajstić information content (AvgIpc) is 3.40. The van der Waals surface area contributed by atoms with Crippen LogP contribution in [-0.2, 0) is 16.0 Å². The molecule has 0 saturated carbocycles. The van der Waals surface area contributed by atoms with Gasteiger partial charge < -0.3 is 9.80 Å². The predicted molar refractivity (Wildman–Crippen MR) is 115 cm³/mol. The maximum Gasteiger partial charge on any atom is 0.231 e. The molecule has 1 aromatic carbocycles. The Bertz CT molecular complexity index is 895. The lowest BCUT2D eigenvalue weighted by atomic mass is 9.77. The van der Waals surface area contributed by atoms with Crippen molar-refractivity contribution in [3.63, 3.8) is 0 Å². The van der Waals surface area contributed by atoms with Crippen LogP contribution in [0.25, 0.3) is 0 Å². The molecular formula is C23H29N3O2S. The van der Waals surface area contributed by atoms with Crippen LogP contribution in [0.4, 0.5) is 0 Å². The van der Waals surface area contributed by atoms with Crippen molar-refractivity contribution in [2.45, 2.75) is 39.5 Å². The van der Waals surface area contributed by atoms with Crippen molar-refractivity contribution in [2.75, 3.05) is 26.2 Å². The number of amides is 2. The van der Waals surface area contributed by atoms with Crippen molar-refractivity contribution in [3.05, 3.63) is 52.0 Å². The van der Waals surface area contributed by atoms with Crippen LogP contribution in [0.2, 0.25) is 0 Å². The monoisotopic (exact) mass is 411 g/mol. The van der Waals surface area contributed by atoms with Crippen molar-refractivity contribution < 1.29 is 9.59 Å². The molecule has 2 saturated heterocycles. The van der Waals surface area contributed by atoms with Crippen molar-refractivity contribution in [3.8, 4) is 0 Å². The Morgan fingerprint density at radius 1 is 1.34 bits per heavy atom. The Balaban J connectivity index is 1.59. The van der Waals surface area contributed by atoms with Crippen molar-refractivity contribution in [2.24, 2.45) is 11.3 Å². The van der Waals surface area contributed by atoms with Crippen LogP contribution >= 0.6 is 11.3 Å². The maximum atomic E-state index is 13.5. The highest BCUT2D eigenvalue weighted by Crippen LogP contribution is 2.50. The normalized spacial score (nSPS) is 24.3. The summed E-state index contributed by atoms with van der Waals surface area (Å²) in [6.07, 6.45) is 2.99. The van der Waals surface area contributed by atoms with Crippen LogP contribution in [-0.4, -0.2) is 52.8 Å². The van der Waals surface area contributed by atoms with Gasteiger partial charge in [0.2, 0.25) is 11.8 Å². The van der Waals surface area contributed by atoms with E-state index in [0.29, 0.717) is 25.4 Å². The summed E-state index contributed by atoms with van der Waals surface area (Å²) in [5.74, 6) is 0.742. The predicted octanol–water partition coefficient (Wildman–Crippen LogP) is 3.49. The van der Waals surface area contributed by atoms with Gasteiger partial charge in [0.1, 0.15) is 0 Å². The maximum absolute atomic E-state index is 13.5. The van der Waals surface area contributed by atoms with E-state index < -0.39 is 5.41 Å². The summed E-state index contributed by atoms with van der Waals surface area (Å²) in [5.41, 5.74) is 1.67. The molecule has 4 rings (SSSR count). The molecule has 0 unspecified atom stereocenters. The molecule has 2 aromatic rings. The Hall–Kier alpha value is -2.21. The van der Waals surface area contributed by atoms with Crippen LogP contribution in [0.3, 0.4) is 0 Å². The minimum atomic E-state index is -0.520. The second-order valence-electron chi connectivity index (χ2n) is 8.85. The van der Waals surface area contributed by atoms with Crippen LogP contribution in [0.1, 0.15) is 42.3 Å². The Kier molecular flexibility index (Phi) is 5.47. The number of likely N-dealkylation sites (tertiary alicyclic amines) is 2. The second-order valence-corrected chi connectivity index (χ2v) is 9.78. The molecule has 6 heteroatoms. The number of hydrogen-bond donors (Lipinski definition) is 0. The molecule has 5 nitrogen and oxygen atoms in total. The number of hydrogen-bond acceptors (Lipinski definition) is 4. The van der Waals surface area contributed by atoms with E-state index in [4.69, 9.17) is 0 Å². The first-order valence-electron chi connectivity index (χ1n) is 10.4. The van der Waals surface area contributed by atoms with Gasteiger partial charge in [-0.05, 0) is 30.4 Å². The summed E-state index contributed by atoms with van der Waals surface area (Å²) in [6.45, 7) is 8.97. The molecule has 154 valence electrons. The zero-order valence-electron chi connectivity index (χ0n) is 17.4. The van der Waals surface area contributed by atoms with Crippen molar-refractivity contribution >= 4 is 23.2 Å². The zero-order valence-corrected chi connectivity index (χ0v) is 18.2. The average molecular weight is 412 g/mol. The molecule has 0 radical (unpaired) electrons. The van der Waals surface area contributed by atoms with Crippen LogP contribution in [0.5, 0.6) is 0 Å². The molecular weight excluding hydrogens is 382 g/mol. The summed E-state index contributed by atoms with van der Waals surface area (Å²) >= 11 is 1.60. The number of rotatable bonds is 5. The van der Waals surface area contributed by atoms with Crippen LogP contribution in [0, 0.1) is 18.3 Å². The van der Waals surface area contributed by atoms with Gasteiger partial charge in [0.05, 0.1) is 16.8 Å². The van der Waals surface area contributed by atoms with E-state index in [9.17, 15) is 9.59 Å². The van der Waals surface area contributed by atoms with Gasteiger partial charge in [-0.25, -0.2) is 4.98 Å². The van der Waals surface area contributed by atoms with Crippen molar-refractivity contribution in [1.82, 2.24) is 14.8 Å². The number of benzene rings is 1.